The summed E-state index contributed by atoms with van der Waals surface area (Å²) in [4.78, 5) is 20.8. The fourth-order valence-corrected chi connectivity index (χ4v) is 3.37. The second kappa shape index (κ2) is 8.49. The molecule has 0 aliphatic carbocycles. The van der Waals surface area contributed by atoms with E-state index in [9.17, 15) is 9.18 Å². The summed E-state index contributed by atoms with van der Waals surface area (Å²) >= 11 is 0. The first-order chi connectivity index (χ1) is 12.6. The van der Waals surface area contributed by atoms with Crippen molar-refractivity contribution in [3.63, 3.8) is 0 Å². The zero-order valence-corrected chi connectivity index (χ0v) is 15.5. The Hall–Kier alpha value is -2.15. The lowest BCUT2D eigenvalue weighted by atomic mass is 10.1. The SMILES string of the molecule is CN=C(NCc1ccc(C)c(F)c1)N1CCN(C(=O)C2CCCO2)CC1. The molecule has 2 heterocycles. The number of aryl methyl sites for hydroxylation is 1. The van der Waals surface area contributed by atoms with E-state index in [0.717, 1.165) is 37.5 Å². The molecule has 0 radical (unpaired) electrons. The highest BCUT2D eigenvalue weighted by Gasteiger charge is 2.30. The second-order valence-corrected chi connectivity index (χ2v) is 6.80. The molecule has 1 amide bonds. The Kier molecular flexibility index (Phi) is 6.08. The van der Waals surface area contributed by atoms with E-state index >= 15 is 0 Å². The number of nitrogens with zero attached hydrogens (tertiary/aromatic N) is 3. The van der Waals surface area contributed by atoms with Crippen LogP contribution < -0.4 is 5.32 Å². The monoisotopic (exact) mass is 362 g/mol. The predicted molar refractivity (Wildman–Crippen MR) is 98.5 cm³/mol. The largest absolute Gasteiger partial charge is 0.368 e. The third-order valence-electron chi connectivity index (χ3n) is 4.99. The lowest BCUT2D eigenvalue weighted by Gasteiger charge is -2.37. The second-order valence-electron chi connectivity index (χ2n) is 6.80. The van der Waals surface area contributed by atoms with Gasteiger partial charge in [0.05, 0.1) is 0 Å². The number of amides is 1. The minimum Gasteiger partial charge on any atom is -0.368 e. The first-order valence-electron chi connectivity index (χ1n) is 9.19. The third kappa shape index (κ3) is 4.33. The Morgan fingerprint density at radius 3 is 2.65 bits per heavy atom. The van der Waals surface area contributed by atoms with Crippen molar-refractivity contribution < 1.29 is 13.9 Å². The van der Waals surface area contributed by atoms with Crippen LogP contribution in [0.15, 0.2) is 23.2 Å². The van der Waals surface area contributed by atoms with Gasteiger partial charge in [0.25, 0.3) is 5.91 Å². The van der Waals surface area contributed by atoms with Crippen LogP contribution in [0, 0.1) is 12.7 Å². The maximum Gasteiger partial charge on any atom is 0.251 e. The number of ether oxygens (including phenoxy) is 1. The highest BCUT2D eigenvalue weighted by Crippen LogP contribution is 2.16. The van der Waals surface area contributed by atoms with Gasteiger partial charge in [0.15, 0.2) is 5.96 Å². The number of rotatable bonds is 3. The van der Waals surface area contributed by atoms with Crippen LogP contribution in [0.4, 0.5) is 4.39 Å². The van der Waals surface area contributed by atoms with Gasteiger partial charge in [-0.25, -0.2) is 4.39 Å². The molecule has 0 aromatic heterocycles. The molecule has 3 rings (SSSR count). The van der Waals surface area contributed by atoms with Gasteiger partial charge in [0.2, 0.25) is 0 Å². The van der Waals surface area contributed by atoms with Crippen LogP contribution in [0.3, 0.4) is 0 Å². The van der Waals surface area contributed by atoms with E-state index in [1.807, 2.05) is 11.0 Å². The van der Waals surface area contributed by atoms with Gasteiger partial charge in [-0.3, -0.25) is 9.79 Å². The molecule has 1 atom stereocenters. The van der Waals surface area contributed by atoms with E-state index in [-0.39, 0.29) is 17.8 Å². The molecule has 0 bridgehead atoms. The first kappa shape index (κ1) is 18.6. The van der Waals surface area contributed by atoms with Gasteiger partial charge < -0.3 is 19.9 Å². The van der Waals surface area contributed by atoms with Gasteiger partial charge in [0.1, 0.15) is 11.9 Å². The molecule has 1 unspecified atom stereocenters. The van der Waals surface area contributed by atoms with Gasteiger partial charge in [-0.1, -0.05) is 12.1 Å². The smallest absolute Gasteiger partial charge is 0.251 e. The van der Waals surface area contributed by atoms with E-state index < -0.39 is 0 Å². The van der Waals surface area contributed by atoms with Crippen LogP contribution in [0.2, 0.25) is 0 Å². The van der Waals surface area contributed by atoms with Gasteiger partial charge in [0, 0.05) is 46.4 Å². The quantitative estimate of drug-likeness (QED) is 0.655. The van der Waals surface area contributed by atoms with Crippen LogP contribution >= 0.6 is 0 Å². The van der Waals surface area contributed by atoms with Crippen LogP contribution in [0.5, 0.6) is 0 Å². The minimum absolute atomic E-state index is 0.111. The Morgan fingerprint density at radius 2 is 2.04 bits per heavy atom. The number of carbonyl (C=O) groups is 1. The summed E-state index contributed by atoms with van der Waals surface area (Å²) in [5, 5.41) is 3.28. The summed E-state index contributed by atoms with van der Waals surface area (Å²) in [6.45, 7) is 5.73. The zero-order valence-electron chi connectivity index (χ0n) is 15.5. The number of aliphatic imine (C=N–C) groups is 1. The maximum atomic E-state index is 13.7. The number of halogens is 1. The molecule has 0 saturated carbocycles. The molecule has 6 nitrogen and oxygen atoms in total. The van der Waals surface area contributed by atoms with Crippen LogP contribution in [-0.2, 0) is 16.1 Å². The predicted octanol–water partition coefficient (Wildman–Crippen LogP) is 1.53. The van der Waals surface area contributed by atoms with Crippen molar-refractivity contribution in [3.05, 3.63) is 35.1 Å². The Bertz CT molecular complexity index is 666. The van der Waals surface area contributed by atoms with Crippen molar-refractivity contribution in [2.75, 3.05) is 39.8 Å². The number of benzene rings is 1. The maximum absolute atomic E-state index is 13.7. The lowest BCUT2D eigenvalue weighted by molar-refractivity contribution is -0.142. The van der Waals surface area contributed by atoms with Crippen molar-refractivity contribution in [2.24, 2.45) is 4.99 Å². The molecule has 142 valence electrons. The van der Waals surface area contributed by atoms with E-state index in [4.69, 9.17) is 4.74 Å². The molecule has 2 fully saturated rings. The molecule has 2 saturated heterocycles. The zero-order chi connectivity index (χ0) is 18.5. The molecule has 7 heteroatoms. The molecular formula is C19H27FN4O2. The van der Waals surface area contributed by atoms with Crippen LogP contribution in [0.25, 0.3) is 0 Å². The number of hydrogen-bond acceptors (Lipinski definition) is 3. The topological polar surface area (TPSA) is 57.2 Å². The van der Waals surface area contributed by atoms with Crippen LogP contribution in [0.1, 0.15) is 24.0 Å². The molecular weight excluding hydrogens is 335 g/mol. The minimum atomic E-state index is -0.254. The molecule has 1 aromatic rings. The summed E-state index contributed by atoms with van der Waals surface area (Å²) in [6.07, 6.45) is 1.54. The van der Waals surface area contributed by atoms with Gasteiger partial charge in [-0.2, -0.15) is 0 Å². The molecule has 1 N–H and O–H groups in total. The normalized spacial score (nSPS) is 21.2. The standard InChI is InChI=1S/C19H27FN4O2/c1-14-5-6-15(12-16(14)20)13-22-19(21-2)24-9-7-23(8-10-24)18(25)17-4-3-11-26-17/h5-6,12,17H,3-4,7-11,13H2,1-2H3,(H,21,22). The average Bonchev–Trinajstić information content (AvgIpc) is 3.20. The van der Waals surface area contributed by atoms with Crippen molar-refractivity contribution in [3.8, 4) is 0 Å². The highest BCUT2D eigenvalue weighted by molar-refractivity contribution is 5.82. The van der Waals surface area contributed by atoms with E-state index in [0.29, 0.717) is 31.8 Å². The molecule has 2 aliphatic heterocycles. The molecule has 0 spiro atoms. The first-order valence-corrected chi connectivity index (χ1v) is 9.19. The Morgan fingerprint density at radius 1 is 1.31 bits per heavy atom. The summed E-state index contributed by atoms with van der Waals surface area (Å²) < 4.78 is 19.2. The number of guanidine groups is 1. The number of nitrogens with one attached hydrogen (secondary N) is 1. The Labute approximate surface area is 154 Å². The summed E-state index contributed by atoms with van der Waals surface area (Å²) in [6, 6.07) is 5.25. The van der Waals surface area contributed by atoms with Gasteiger partial charge >= 0.3 is 0 Å². The van der Waals surface area contributed by atoms with Crippen molar-refractivity contribution in [1.82, 2.24) is 15.1 Å². The summed E-state index contributed by atoms with van der Waals surface area (Å²) in [5.41, 5.74) is 1.52. The fourth-order valence-electron chi connectivity index (χ4n) is 3.37. The lowest BCUT2D eigenvalue weighted by Crippen LogP contribution is -2.55. The van der Waals surface area contributed by atoms with E-state index in [1.165, 1.54) is 0 Å². The summed E-state index contributed by atoms with van der Waals surface area (Å²) in [5.74, 6) is 0.691. The molecule has 2 aliphatic rings. The molecule has 1 aromatic carbocycles. The van der Waals surface area contributed by atoms with Crippen molar-refractivity contribution in [2.45, 2.75) is 32.4 Å². The van der Waals surface area contributed by atoms with Crippen LogP contribution in [-0.4, -0.2) is 67.6 Å². The Balaban J connectivity index is 1.50. The van der Waals surface area contributed by atoms with E-state index in [2.05, 4.69) is 15.2 Å². The number of hydrogen-bond donors (Lipinski definition) is 1. The van der Waals surface area contributed by atoms with E-state index in [1.54, 1.807) is 26.1 Å². The van der Waals surface area contributed by atoms with Gasteiger partial charge in [-0.15, -0.1) is 0 Å². The van der Waals surface area contributed by atoms with Crippen molar-refractivity contribution in [1.29, 1.82) is 0 Å². The van der Waals surface area contributed by atoms with Crippen molar-refractivity contribution >= 4 is 11.9 Å². The fraction of sp³-hybridized carbons (Fsp3) is 0.579. The molecule has 26 heavy (non-hydrogen) atoms. The third-order valence-corrected chi connectivity index (χ3v) is 4.99. The van der Waals surface area contributed by atoms with Gasteiger partial charge in [-0.05, 0) is 37.0 Å². The summed E-state index contributed by atoms with van der Waals surface area (Å²) in [7, 11) is 1.74. The average molecular weight is 362 g/mol. The highest BCUT2D eigenvalue weighted by atomic mass is 19.1. The number of piperazine rings is 1. The number of carbonyl (C=O) groups excluding carboxylic acids is 1.